The Balaban J connectivity index is 2.16. The zero-order chi connectivity index (χ0) is 11.5. The van der Waals surface area contributed by atoms with E-state index in [2.05, 4.69) is 5.10 Å². The molecule has 0 saturated carbocycles. The van der Waals surface area contributed by atoms with E-state index in [1.165, 1.54) is 11.3 Å². The Labute approximate surface area is 98.0 Å². The van der Waals surface area contributed by atoms with Gasteiger partial charge in [-0.3, -0.25) is 9.48 Å². The number of thiophene rings is 1. The van der Waals surface area contributed by atoms with Crippen molar-refractivity contribution in [1.29, 1.82) is 0 Å². The standard InChI is InChI=1S/C12H12N2OS/c1-9-10(8-14(2)13-9)5-6-11(15)12-4-3-7-16-12/h3-8H,1-2H3/b6-5-. The summed E-state index contributed by atoms with van der Waals surface area (Å²) in [6.07, 6.45) is 5.30. The number of aromatic nitrogens is 2. The number of rotatable bonds is 3. The van der Waals surface area contributed by atoms with Crippen LogP contribution in [0.1, 0.15) is 20.9 Å². The quantitative estimate of drug-likeness (QED) is 0.602. The SMILES string of the molecule is Cc1nn(C)cc1/C=C\C(=O)c1cccs1. The lowest BCUT2D eigenvalue weighted by atomic mass is 10.2. The summed E-state index contributed by atoms with van der Waals surface area (Å²) in [7, 11) is 1.87. The van der Waals surface area contributed by atoms with Crippen LogP contribution in [0.25, 0.3) is 6.08 Å². The minimum Gasteiger partial charge on any atom is -0.288 e. The van der Waals surface area contributed by atoms with Gasteiger partial charge < -0.3 is 0 Å². The summed E-state index contributed by atoms with van der Waals surface area (Å²) in [5.41, 5.74) is 1.91. The van der Waals surface area contributed by atoms with Crippen molar-refractivity contribution in [2.75, 3.05) is 0 Å². The molecule has 82 valence electrons. The second-order valence-electron chi connectivity index (χ2n) is 3.52. The van der Waals surface area contributed by atoms with Crippen molar-refractivity contribution < 1.29 is 4.79 Å². The molecule has 2 heterocycles. The number of nitrogens with zero attached hydrogens (tertiary/aromatic N) is 2. The summed E-state index contributed by atoms with van der Waals surface area (Å²) in [6, 6.07) is 3.70. The Kier molecular flexibility index (Phi) is 3.01. The first-order valence-electron chi connectivity index (χ1n) is 4.93. The number of carbonyl (C=O) groups excluding carboxylic acids is 1. The minimum atomic E-state index is 0.0400. The maximum Gasteiger partial charge on any atom is 0.195 e. The van der Waals surface area contributed by atoms with Crippen LogP contribution in [-0.2, 0) is 7.05 Å². The second kappa shape index (κ2) is 4.45. The molecule has 0 N–H and O–H groups in total. The smallest absolute Gasteiger partial charge is 0.195 e. The number of hydrogen-bond donors (Lipinski definition) is 0. The third kappa shape index (κ3) is 2.28. The van der Waals surface area contributed by atoms with E-state index < -0.39 is 0 Å². The number of aryl methyl sites for hydroxylation is 2. The minimum absolute atomic E-state index is 0.0400. The van der Waals surface area contributed by atoms with Gasteiger partial charge in [0.15, 0.2) is 5.78 Å². The number of ketones is 1. The molecule has 0 amide bonds. The molecular weight excluding hydrogens is 220 g/mol. The molecule has 0 radical (unpaired) electrons. The molecule has 4 heteroatoms. The maximum atomic E-state index is 11.7. The van der Waals surface area contributed by atoms with Gasteiger partial charge in [0, 0.05) is 18.8 Å². The molecule has 0 aliphatic rings. The molecule has 0 aliphatic carbocycles. The van der Waals surface area contributed by atoms with Crippen molar-refractivity contribution in [3.8, 4) is 0 Å². The molecule has 0 unspecified atom stereocenters. The molecule has 0 fully saturated rings. The fourth-order valence-corrected chi connectivity index (χ4v) is 2.09. The van der Waals surface area contributed by atoms with Gasteiger partial charge in [-0.1, -0.05) is 6.07 Å². The Morgan fingerprint density at radius 2 is 2.38 bits per heavy atom. The third-order valence-corrected chi connectivity index (χ3v) is 3.11. The predicted octanol–water partition coefficient (Wildman–Crippen LogP) is 2.69. The predicted molar refractivity (Wildman–Crippen MR) is 65.6 cm³/mol. The Hall–Kier alpha value is -1.68. The molecule has 2 aromatic heterocycles. The lowest BCUT2D eigenvalue weighted by molar-refractivity contribution is 0.105. The van der Waals surface area contributed by atoms with Crippen molar-refractivity contribution in [3.63, 3.8) is 0 Å². The molecule has 0 saturated heterocycles. The van der Waals surface area contributed by atoms with E-state index in [0.29, 0.717) is 0 Å². The van der Waals surface area contributed by atoms with Crippen LogP contribution in [-0.4, -0.2) is 15.6 Å². The van der Waals surface area contributed by atoms with E-state index in [9.17, 15) is 4.79 Å². The van der Waals surface area contributed by atoms with E-state index in [1.807, 2.05) is 43.8 Å². The van der Waals surface area contributed by atoms with Gasteiger partial charge in [0.25, 0.3) is 0 Å². The van der Waals surface area contributed by atoms with E-state index >= 15 is 0 Å². The maximum absolute atomic E-state index is 11.7. The van der Waals surface area contributed by atoms with Crippen LogP contribution in [0.2, 0.25) is 0 Å². The van der Waals surface area contributed by atoms with Crippen LogP contribution in [0, 0.1) is 6.92 Å². The summed E-state index contributed by atoms with van der Waals surface area (Å²) in [5, 5.41) is 6.11. The normalized spacial score (nSPS) is 11.1. The number of allylic oxidation sites excluding steroid dienone is 1. The average molecular weight is 232 g/mol. The van der Waals surface area contributed by atoms with Gasteiger partial charge in [-0.05, 0) is 30.5 Å². The first-order chi connectivity index (χ1) is 7.66. The first kappa shape index (κ1) is 10.8. The largest absolute Gasteiger partial charge is 0.288 e. The molecule has 2 rings (SSSR count). The van der Waals surface area contributed by atoms with Gasteiger partial charge in [0.05, 0.1) is 10.6 Å². The molecular formula is C12H12N2OS. The second-order valence-corrected chi connectivity index (χ2v) is 4.47. The zero-order valence-corrected chi connectivity index (χ0v) is 9.99. The molecule has 0 spiro atoms. The van der Waals surface area contributed by atoms with Gasteiger partial charge in [-0.2, -0.15) is 5.10 Å². The van der Waals surface area contributed by atoms with E-state index in [1.54, 1.807) is 10.8 Å². The van der Waals surface area contributed by atoms with Crippen LogP contribution in [0.5, 0.6) is 0 Å². The average Bonchev–Trinajstić information content (AvgIpc) is 2.84. The van der Waals surface area contributed by atoms with Crippen LogP contribution in [0.15, 0.2) is 29.8 Å². The topological polar surface area (TPSA) is 34.9 Å². The molecule has 0 bridgehead atoms. The number of hydrogen-bond acceptors (Lipinski definition) is 3. The summed E-state index contributed by atoms with van der Waals surface area (Å²) >= 11 is 1.45. The monoisotopic (exact) mass is 232 g/mol. The highest BCUT2D eigenvalue weighted by atomic mass is 32.1. The lowest BCUT2D eigenvalue weighted by Crippen LogP contribution is -1.88. The molecule has 16 heavy (non-hydrogen) atoms. The van der Waals surface area contributed by atoms with Crippen LogP contribution in [0.3, 0.4) is 0 Å². The molecule has 0 atom stereocenters. The molecule has 0 aliphatic heterocycles. The summed E-state index contributed by atoms with van der Waals surface area (Å²) in [5.74, 6) is 0.0400. The zero-order valence-electron chi connectivity index (χ0n) is 9.18. The third-order valence-electron chi connectivity index (χ3n) is 2.23. The Morgan fingerprint density at radius 1 is 1.56 bits per heavy atom. The van der Waals surface area contributed by atoms with E-state index in [-0.39, 0.29) is 5.78 Å². The van der Waals surface area contributed by atoms with Crippen LogP contribution in [0.4, 0.5) is 0 Å². The van der Waals surface area contributed by atoms with Crippen molar-refractivity contribution in [1.82, 2.24) is 9.78 Å². The highest BCUT2D eigenvalue weighted by Crippen LogP contribution is 2.12. The summed E-state index contributed by atoms with van der Waals surface area (Å²) < 4.78 is 1.74. The fraction of sp³-hybridized carbons (Fsp3) is 0.167. The Bertz CT molecular complexity index is 523. The lowest BCUT2D eigenvalue weighted by Gasteiger charge is -1.88. The number of carbonyl (C=O) groups is 1. The highest BCUT2D eigenvalue weighted by Gasteiger charge is 2.03. The molecule has 3 nitrogen and oxygen atoms in total. The van der Waals surface area contributed by atoms with Gasteiger partial charge in [0.1, 0.15) is 0 Å². The molecule has 0 aromatic carbocycles. The first-order valence-corrected chi connectivity index (χ1v) is 5.81. The van der Waals surface area contributed by atoms with Gasteiger partial charge in [0.2, 0.25) is 0 Å². The fourth-order valence-electron chi connectivity index (χ4n) is 1.45. The van der Waals surface area contributed by atoms with Gasteiger partial charge in [-0.25, -0.2) is 0 Å². The van der Waals surface area contributed by atoms with Crippen molar-refractivity contribution in [3.05, 3.63) is 45.9 Å². The van der Waals surface area contributed by atoms with Crippen molar-refractivity contribution in [2.45, 2.75) is 6.92 Å². The highest BCUT2D eigenvalue weighted by molar-refractivity contribution is 7.12. The van der Waals surface area contributed by atoms with E-state index in [4.69, 9.17) is 0 Å². The Morgan fingerprint density at radius 3 is 2.94 bits per heavy atom. The van der Waals surface area contributed by atoms with E-state index in [0.717, 1.165) is 16.1 Å². The van der Waals surface area contributed by atoms with Gasteiger partial charge >= 0.3 is 0 Å². The van der Waals surface area contributed by atoms with Crippen molar-refractivity contribution in [2.24, 2.45) is 7.05 Å². The van der Waals surface area contributed by atoms with Crippen molar-refractivity contribution >= 4 is 23.2 Å². The summed E-state index contributed by atoms with van der Waals surface area (Å²) in [4.78, 5) is 12.5. The van der Waals surface area contributed by atoms with Crippen LogP contribution >= 0.6 is 11.3 Å². The molecule has 2 aromatic rings. The van der Waals surface area contributed by atoms with Gasteiger partial charge in [-0.15, -0.1) is 11.3 Å². The van der Waals surface area contributed by atoms with Crippen LogP contribution < -0.4 is 0 Å². The summed E-state index contributed by atoms with van der Waals surface area (Å²) in [6.45, 7) is 1.93.